The Hall–Kier alpha value is -3.74. The Bertz CT molecular complexity index is 962. The molecule has 0 radical (unpaired) electrons. The topological polar surface area (TPSA) is 96.3 Å². The van der Waals surface area contributed by atoms with Gasteiger partial charge in [-0.05, 0) is 26.0 Å². The fourth-order valence-electron chi connectivity index (χ4n) is 2.76. The van der Waals surface area contributed by atoms with Crippen LogP contribution in [-0.4, -0.2) is 53.6 Å². The smallest absolute Gasteiger partial charge is 0.357 e. The maximum absolute atomic E-state index is 13.2. The van der Waals surface area contributed by atoms with E-state index in [1.807, 2.05) is 0 Å². The van der Waals surface area contributed by atoms with Gasteiger partial charge in [-0.1, -0.05) is 48.5 Å². The summed E-state index contributed by atoms with van der Waals surface area (Å²) in [5.74, 6) is -3.36. The number of Topliss-reactive ketones (excluding diaryl/α,β-unsaturated/α-hetero) is 1. The van der Waals surface area contributed by atoms with Crippen molar-refractivity contribution in [1.82, 2.24) is 4.90 Å². The number of likely N-dealkylation sites (N-methyl/N-ethyl adjacent to an activating group) is 1. The molecule has 0 heterocycles. The SMILES string of the molecule is CCN(CC)C(=O)C(=O)/C(C(=Nc1ccccc1)C(=O)OC)=C(\O)c1ccccc1. The number of hydrogen-bond donors (Lipinski definition) is 1. The molecule has 1 N–H and O–H groups in total. The van der Waals surface area contributed by atoms with Crippen LogP contribution in [0.3, 0.4) is 0 Å². The molecule has 0 aromatic heterocycles. The van der Waals surface area contributed by atoms with Gasteiger partial charge in [0.15, 0.2) is 5.71 Å². The van der Waals surface area contributed by atoms with E-state index >= 15 is 0 Å². The number of nitrogens with zero attached hydrogens (tertiary/aromatic N) is 2. The van der Waals surface area contributed by atoms with Crippen molar-refractivity contribution in [2.45, 2.75) is 13.8 Å². The van der Waals surface area contributed by atoms with Crippen molar-refractivity contribution in [2.75, 3.05) is 20.2 Å². The third kappa shape index (κ3) is 5.20. The first-order chi connectivity index (χ1) is 14.4. The second kappa shape index (κ2) is 10.7. The van der Waals surface area contributed by atoms with Gasteiger partial charge in [0, 0.05) is 18.7 Å². The monoisotopic (exact) mass is 408 g/mol. The van der Waals surface area contributed by atoms with Gasteiger partial charge in [0.1, 0.15) is 11.3 Å². The van der Waals surface area contributed by atoms with Gasteiger partial charge < -0.3 is 14.7 Å². The first-order valence-corrected chi connectivity index (χ1v) is 9.49. The third-order valence-corrected chi connectivity index (χ3v) is 4.37. The highest BCUT2D eigenvalue weighted by Crippen LogP contribution is 2.22. The zero-order valence-corrected chi connectivity index (χ0v) is 17.2. The second-order valence-electron chi connectivity index (χ2n) is 6.18. The summed E-state index contributed by atoms with van der Waals surface area (Å²) in [5, 5.41) is 10.9. The lowest BCUT2D eigenvalue weighted by Gasteiger charge is -2.19. The van der Waals surface area contributed by atoms with E-state index in [4.69, 9.17) is 4.74 Å². The molecule has 7 heteroatoms. The zero-order chi connectivity index (χ0) is 22.1. The van der Waals surface area contributed by atoms with Gasteiger partial charge in [-0.2, -0.15) is 0 Å². The molecule has 156 valence electrons. The lowest BCUT2D eigenvalue weighted by Crippen LogP contribution is -2.39. The number of amides is 1. The van der Waals surface area contributed by atoms with Crippen LogP contribution in [0.4, 0.5) is 5.69 Å². The number of hydrogen-bond acceptors (Lipinski definition) is 6. The predicted octanol–water partition coefficient (Wildman–Crippen LogP) is 3.34. The number of carbonyl (C=O) groups excluding carboxylic acids is 3. The minimum Gasteiger partial charge on any atom is -0.506 e. The quantitative estimate of drug-likeness (QED) is 0.238. The first kappa shape index (κ1) is 22.5. The van der Waals surface area contributed by atoms with Crippen molar-refractivity contribution < 1.29 is 24.2 Å². The van der Waals surface area contributed by atoms with Crippen LogP contribution in [0, 0.1) is 0 Å². The van der Waals surface area contributed by atoms with Crippen molar-refractivity contribution in [2.24, 2.45) is 4.99 Å². The van der Waals surface area contributed by atoms with Gasteiger partial charge in [0.2, 0.25) is 0 Å². The number of methoxy groups -OCH3 is 1. The van der Waals surface area contributed by atoms with Crippen molar-refractivity contribution in [1.29, 1.82) is 0 Å². The highest BCUT2D eigenvalue weighted by Gasteiger charge is 2.34. The van der Waals surface area contributed by atoms with Gasteiger partial charge in [-0.25, -0.2) is 9.79 Å². The van der Waals surface area contributed by atoms with Crippen LogP contribution in [-0.2, 0) is 19.1 Å². The predicted molar refractivity (Wildman–Crippen MR) is 114 cm³/mol. The number of esters is 1. The van der Waals surface area contributed by atoms with Crippen LogP contribution in [0.5, 0.6) is 0 Å². The van der Waals surface area contributed by atoms with Crippen LogP contribution >= 0.6 is 0 Å². The Morgan fingerprint density at radius 1 is 0.933 bits per heavy atom. The van der Waals surface area contributed by atoms with Crippen molar-refractivity contribution in [3.63, 3.8) is 0 Å². The van der Waals surface area contributed by atoms with Gasteiger partial charge in [0.25, 0.3) is 11.7 Å². The Kier molecular flexibility index (Phi) is 8.05. The van der Waals surface area contributed by atoms with Gasteiger partial charge in [0.05, 0.1) is 12.8 Å². The Labute approximate surface area is 175 Å². The summed E-state index contributed by atoms with van der Waals surface area (Å²) in [6.07, 6.45) is 0. The highest BCUT2D eigenvalue weighted by molar-refractivity contribution is 6.60. The number of ether oxygens (including phenoxy) is 1. The highest BCUT2D eigenvalue weighted by atomic mass is 16.5. The molecular formula is C23H24N2O5. The molecule has 0 saturated carbocycles. The summed E-state index contributed by atoms with van der Waals surface area (Å²) in [6, 6.07) is 16.6. The lowest BCUT2D eigenvalue weighted by atomic mass is 9.98. The maximum atomic E-state index is 13.2. The van der Waals surface area contributed by atoms with Crippen LogP contribution in [0.2, 0.25) is 0 Å². The van der Waals surface area contributed by atoms with Gasteiger partial charge in [-0.15, -0.1) is 0 Å². The van der Waals surface area contributed by atoms with Gasteiger partial charge in [-0.3, -0.25) is 9.59 Å². The fourth-order valence-corrected chi connectivity index (χ4v) is 2.76. The largest absolute Gasteiger partial charge is 0.506 e. The first-order valence-electron chi connectivity index (χ1n) is 9.49. The molecule has 0 aliphatic rings. The van der Waals surface area contributed by atoms with E-state index in [0.29, 0.717) is 18.8 Å². The number of carbonyl (C=O) groups is 3. The van der Waals surface area contributed by atoms with Crippen molar-refractivity contribution in [3.05, 3.63) is 71.8 Å². The third-order valence-electron chi connectivity index (χ3n) is 4.37. The molecule has 0 saturated heterocycles. The van der Waals surface area contributed by atoms with Crippen LogP contribution < -0.4 is 0 Å². The Morgan fingerprint density at radius 3 is 1.97 bits per heavy atom. The average Bonchev–Trinajstić information content (AvgIpc) is 2.79. The number of benzene rings is 2. The molecule has 0 spiro atoms. The number of aliphatic hydroxyl groups excluding tert-OH is 1. The fraction of sp³-hybridized carbons (Fsp3) is 0.217. The number of aliphatic hydroxyl groups is 1. The van der Waals surface area contributed by atoms with E-state index in [1.165, 1.54) is 4.90 Å². The molecule has 0 bridgehead atoms. The number of rotatable bonds is 8. The van der Waals surface area contributed by atoms with E-state index < -0.39 is 34.7 Å². The summed E-state index contributed by atoms with van der Waals surface area (Å²) in [7, 11) is 1.14. The van der Waals surface area contributed by atoms with Crippen LogP contribution in [0.15, 0.2) is 71.2 Å². The number of ketones is 1. The molecule has 2 aromatic carbocycles. The Balaban J connectivity index is 2.75. The maximum Gasteiger partial charge on any atom is 0.357 e. The molecule has 2 aromatic rings. The van der Waals surface area contributed by atoms with E-state index in [0.717, 1.165) is 7.11 Å². The van der Waals surface area contributed by atoms with Gasteiger partial charge >= 0.3 is 5.97 Å². The molecule has 7 nitrogen and oxygen atoms in total. The number of aliphatic imine (C=N–C) groups is 1. The van der Waals surface area contributed by atoms with Crippen molar-refractivity contribution in [3.8, 4) is 0 Å². The summed E-state index contributed by atoms with van der Waals surface area (Å²) in [5.41, 5.74) is -0.332. The lowest BCUT2D eigenvalue weighted by molar-refractivity contribution is -0.142. The van der Waals surface area contributed by atoms with E-state index in [-0.39, 0.29) is 5.56 Å². The van der Waals surface area contributed by atoms with Crippen LogP contribution in [0.1, 0.15) is 19.4 Å². The molecule has 1 amide bonds. The van der Waals surface area contributed by atoms with Crippen LogP contribution in [0.25, 0.3) is 5.76 Å². The number of para-hydroxylation sites is 1. The zero-order valence-electron chi connectivity index (χ0n) is 17.2. The molecule has 0 unspecified atom stereocenters. The van der Waals surface area contributed by atoms with Crippen molar-refractivity contribution >= 4 is 34.8 Å². The van der Waals surface area contributed by atoms with E-state index in [2.05, 4.69) is 4.99 Å². The summed E-state index contributed by atoms with van der Waals surface area (Å²) in [6.45, 7) is 4.05. The molecule has 0 fully saturated rings. The molecular weight excluding hydrogens is 384 g/mol. The molecule has 0 atom stereocenters. The normalized spacial score (nSPS) is 12.0. The minimum absolute atomic E-state index is 0.262. The second-order valence-corrected chi connectivity index (χ2v) is 6.18. The minimum atomic E-state index is -1.04. The summed E-state index contributed by atoms with van der Waals surface area (Å²) < 4.78 is 4.80. The summed E-state index contributed by atoms with van der Waals surface area (Å²) >= 11 is 0. The molecule has 30 heavy (non-hydrogen) atoms. The van der Waals surface area contributed by atoms with E-state index in [9.17, 15) is 19.5 Å². The van der Waals surface area contributed by atoms with E-state index in [1.54, 1.807) is 74.5 Å². The average molecular weight is 408 g/mol. The molecule has 2 rings (SSSR count). The standard InChI is InChI=1S/C23H24N2O5/c1-4-25(5-2)22(28)21(27)18(20(26)16-12-8-6-9-13-16)19(23(29)30-3)24-17-14-10-7-11-15-17/h6-15,26H,4-5H2,1-3H3/b20-18-,24-19?. The Morgan fingerprint density at radius 2 is 1.47 bits per heavy atom. The molecule has 0 aliphatic carbocycles. The molecule has 0 aliphatic heterocycles. The summed E-state index contributed by atoms with van der Waals surface area (Å²) in [4.78, 5) is 44.0.